The molecule has 0 aliphatic heterocycles. The number of aromatic nitrogens is 2. The average Bonchev–Trinajstić information content (AvgIpc) is 3.08. The summed E-state index contributed by atoms with van der Waals surface area (Å²) in [6, 6.07) is 48.8. The molecule has 8 aromatic rings. The summed E-state index contributed by atoms with van der Waals surface area (Å²) in [7, 11) is -3.17. The van der Waals surface area contributed by atoms with Crippen LogP contribution in [0.3, 0.4) is 0 Å². The van der Waals surface area contributed by atoms with Gasteiger partial charge in [0.2, 0.25) is 0 Å². The Hall–Kier alpha value is -5.11. The number of pyridine rings is 2. The molecular formula is C38H25N2OP. The molecule has 0 aliphatic carbocycles. The molecule has 0 saturated heterocycles. The van der Waals surface area contributed by atoms with Crippen LogP contribution in [0.15, 0.2) is 152 Å². The van der Waals surface area contributed by atoms with E-state index in [9.17, 15) is 0 Å². The molecule has 198 valence electrons. The van der Waals surface area contributed by atoms with Gasteiger partial charge in [0, 0.05) is 49.2 Å². The molecule has 8 rings (SSSR count). The van der Waals surface area contributed by atoms with E-state index < -0.39 is 7.14 Å². The molecule has 4 heteroatoms. The topological polar surface area (TPSA) is 42.9 Å². The maximum Gasteiger partial charge on any atom is 0.171 e. The van der Waals surface area contributed by atoms with E-state index in [0.29, 0.717) is 0 Å². The summed E-state index contributed by atoms with van der Waals surface area (Å²) in [5, 5.41) is 9.05. The van der Waals surface area contributed by atoms with E-state index in [0.717, 1.165) is 70.5 Å². The van der Waals surface area contributed by atoms with Crippen LogP contribution in [0.25, 0.3) is 54.6 Å². The van der Waals surface area contributed by atoms with Crippen molar-refractivity contribution in [2.45, 2.75) is 0 Å². The Morgan fingerprint density at radius 1 is 0.476 bits per heavy atom. The van der Waals surface area contributed by atoms with Crippen LogP contribution in [0.4, 0.5) is 0 Å². The lowest BCUT2D eigenvalue weighted by atomic mass is 9.93. The van der Waals surface area contributed by atoms with E-state index in [-0.39, 0.29) is 0 Å². The van der Waals surface area contributed by atoms with Crippen molar-refractivity contribution in [2.75, 3.05) is 0 Å². The quantitative estimate of drug-likeness (QED) is 0.162. The minimum atomic E-state index is -3.17. The van der Waals surface area contributed by atoms with Gasteiger partial charge in [0.25, 0.3) is 0 Å². The molecular weight excluding hydrogens is 531 g/mol. The number of hydrogen-bond donors (Lipinski definition) is 0. The standard InChI is InChI=1S/C38H25N2OP/c41-42(28-13-6-2-7-14-28,29-15-8-3-9-16-29)30-20-22-32-35(25-30)40-38(27-11-4-1-5-12-27)33-21-18-26-19-23-34-31(17-10-24-39-34)36(26)37(32)33/h1-25H. The maximum absolute atomic E-state index is 15.2. The zero-order valence-electron chi connectivity index (χ0n) is 22.7. The normalized spacial score (nSPS) is 11.9. The molecule has 3 nitrogen and oxygen atoms in total. The minimum absolute atomic E-state index is 0.769. The molecule has 0 aliphatic rings. The summed E-state index contributed by atoms with van der Waals surface area (Å²) in [5.41, 5.74) is 3.73. The zero-order valence-corrected chi connectivity index (χ0v) is 23.6. The van der Waals surface area contributed by atoms with Crippen LogP contribution in [0, 0.1) is 0 Å². The third kappa shape index (κ3) is 3.79. The van der Waals surface area contributed by atoms with Gasteiger partial charge in [0.05, 0.1) is 16.7 Å². The minimum Gasteiger partial charge on any atom is -0.309 e. The van der Waals surface area contributed by atoms with E-state index in [1.54, 1.807) is 0 Å². The highest BCUT2D eigenvalue weighted by Crippen LogP contribution is 2.44. The van der Waals surface area contributed by atoms with Gasteiger partial charge in [-0.1, -0.05) is 127 Å². The van der Waals surface area contributed by atoms with Gasteiger partial charge in [-0.3, -0.25) is 4.98 Å². The average molecular weight is 557 g/mol. The first-order valence-corrected chi connectivity index (χ1v) is 15.7. The zero-order chi connectivity index (χ0) is 28.1. The SMILES string of the molecule is O=P(c1ccccc1)(c1ccccc1)c1ccc2c(c1)nc(-c1ccccc1)c1ccc3ccc4ncccc4c3c12. The third-order valence-corrected chi connectivity index (χ3v) is 11.2. The molecule has 0 bridgehead atoms. The molecule has 2 heterocycles. The molecule has 2 aromatic heterocycles. The highest BCUT2D eigenvalue weighted by molar-refractivity contribution is 7.85. The predicted octanol–water partition coefficient (Wildman–Crippen LogP) is 8.40. The number of hydrogen-bond acceptors (Lipinski definition) is 3. The third-order valence-electron chi connectivity index (χ3n) is 8.15. The first kappa shape index (κ1) is 24.7. The lowest BCUT2D eigenvalue weighted by Gasteiger charge is -2.21. The molecule has 0 unspecified atom stereocenters. The number of benzene rings is 6. The summed E-state index contributed by atoms with van der Waals surface area (Å²) < 4.78 is 15.2. The lowest BCUT2D eigenvalue weighted by molar-refractivity contribution is 0.592. The van der Waals surface area contributed by atoms with Crippen LogP contribution < -0.4 is 15.9 Å². The summed E-state index contributed by atoms with van der Waals surface area (Å²) >= 11 is 0. The monoisotopic (exact) mass is 556 g/mol. The fourth-order valence-electron chi connectivity index (χ4n) is 6.19. The van der Waals surface area contributed by atoms with E-state index in [2.05, 4.69) is 53.5 Å². The van der Waals surface area contributed by atoms with Crippen LogP contribution in [-0.4, -0.2) is 9.97 Å². The Morgan fingerprint density at radius 2 is 1.10 bits per heavy atom. The highest BCUT2D eigenvalue weighted by Gasteiger charge is 2.30. The Labute approximate surface area is 243 Å². The van der Waals surface area contributed by atoms with E-state index in [1.165, 1.54) is 0 Å². The highest BCUT2D eigenvalue weighted by atomic mass is 31.2. The Kier molecular flexibility index (Phi) is 5.73. The maximum atomic E-state index is 15.2. The predicted molar refractivity (Wildman–Crippen MR) is 177 cm³/mol. The van der Waals surface area contributed by atoms with Gasteiger partial charge in [0.15, 0.2) is 7.14 Å². The number of rotatable bonds is 4. The van der Waals surface area contributed by atoms with Crippen LogP contribution in [0.2, 0.25) is 0 Å². The van der Waals surface area contributed by atoms with Crippen LogP contribution in [-0.2, 0) is 4.57 Å². The molecule has 0 amide bonds. The van der Waals surface area contributed by atoms with Crippen molar-refractivity contribution in [1.29, 1.82) is 0 Å². The van der Waals surface area contributed by atoms with E-state index in [4.69, 9.17) is 4.98 Å². The summed E-state index contributed by atoms with van der Waals surface area (Å²) in [6.07, 6.45) is 1.84. The van der Waals surface area contributed by atoms with E-state index in [1.807, 2.05) is 103 Å². The number of fused-ring (bicyclic) bond motifs is 7. The Morgan fingerprint density at radius 3 is 1.81 bits per heavy atom. The fraction of sp³-hybridized carbons (Fsp3) is 0. The largest absolute Gasteiger partial charge is 0.309 e. The van der Waals surface area contributed by atoms with Crippen molar-refractivity contribution in [3.05, 3.63) is 152 Å². The van der Waals surface area contributed by atoms with Gasteiger partial charge < -0.3 is 4.57 Å². The van der Waals surface area contributed by atoms with E-state index >= 15 is 4.57 Å². The number of nitrogens with zero attached hydrogens (tertiary/aromatic N) is 2. The van der Waals surface area contributed by atoms with Crippen LogP contribution in [0.5, 0.6) is 0 Å². The van der Waals surface area contributed by atoms with Crippen molar-refractivity contribution >= 4 is 66.4 Å². The molecule has 0 N–H and O–H groups in total. The van der Waals surface area contributed by atoms with Crippen molar-refractivity contribution < 1.29 is 4.57 Å². The van der Waals surface area contributed by atoms with Gasteiger partial charge >= 0.3 is 0 Å². The van der Waals surface area contributed by atoms with Crippen molar-refractivity contribution in [3.63, 3.8) is 0 Å². The van der Waals surface area contributed by atoms with Gasteiger partial charge in [0.1, 0.15) is 0 Å². The fourth-order valence-corrected chi connectivity index (χ4v) is 8.86. The Bertz CT molecular complexity index is 2270. The second-order valence-corrected chi connectivity index (χ2v) is 13.3. The van der Waals surface area contributed by atoms with Gasteiger partial charge in [-0.15, -0.1) is 0 Å². The molecule has 42 heavy (non-hydrogen) atoms. The van der Waals surface area contributed by atoms with Gasteiger partial charge in [-0.2, -0.15) is 0 Å². The first-order valence-electron chi connectivity index (χ1n) is 14.0. The molecule has 6 aromatic carbocycles. The first-order chi connectivity index (χ1) is 20.7. The van der Waals surface area contributed by atoms with Crippen molar-refractivity contribution in [3.8, 4) is 11.3 Å². The van der Waals surface area contributed by atoms with Gasteiger partial charge in [-0.25, -0.2) is 4.98 Å². The van der Waals surface area contributed by atoms with Gasteiger partial charge in [-0.05, 0) is 29.0 Å². The lowest BCUT2D eigenvalue weighted by Crippen LogP contribution is -2.25. The molecule has 0 fully saturated rings. The summed E-state index contributed by atoms with van der Waals surface area (Å²) in [4.78, 5) is 9.95. The van der Waals surface area contributed by atoms with Crippen molar-refractivity contribution in [1.82, 2.24) is 9.97 Å². The van der Waals surface area contributed by atoms with Crippen LogP contribution in [0.1, 0.15) is 0 Å². The second kappa shape index (κ2) is 9.76. The molecule has 0 radical (unpaired) electrons. The van der Waals surface area contributed by atoms with Crippen molar-refractivity contribution in [2.24, 2.45) is 0 Å². The molecule has 0 atom stereocenters. The van der Waals surface area contributed by atoms with Crippen LogP contribution >= 0.6 is 7.14 Å². The molecule has 0 spiro atoms. The smallest absolute Gasteiger partial charge is 0.171 e. The summed E-state index contributed by atoms with van der Waals surface area (Å²) in [5.74, 6) is 0. The molecule has 0 saturated carbocycles. The Balaban J connectivity index is 1.52. The summed E-state index contributed by atoms with van der Waals surface area (Å²) in [6.45, 7) is 0. The second-order valence-electron chi connectivity index (χ2n) is 10.5.